The first-order valence-electron chi connectivity index (χ1n) is 8.70. The molecule has 0 fully saturated rings. The maximum atomic E-state index is 10.8. The molecule has 0 aliphatic rings. The minimum absolute atomic E-state index is 0.0464. The van der Waals surface area contributed by atoms with Crippen LogP contribution in [-0.4, -0.2) is 41.9 Å². The molecule has 0 saturated carbocycles. The predicted molar refractivity (Wildman–Crippen MR) is 106 cm³/mol. The average Bonchev–Trinajstić information content (AvgIpc) is 3.17. The molecule has 4 heterocycles. The van der Waals surface area contributed by atoms with Gasteiger partial charge in [-0.25, -0.2) is 4.98 Å². The number of aromatic hydroxyl groups is 1. The van der Waals surface area contributed by atoms with Crippen molar-refractivity contribution in [1.29, 1.82) is 0 Å². The van der Waals surface area contributed by atoms with Crippen molar-refractivity contribution in [1.82, 2.24) is 29.8 Å². The van der Waals surface area contributed by atoms with E-state index >= 15 is 0 Å². The Balaban J connectivity index is 1.77. The summed E-state index contributed by atoms with van der Waals surface area (Å²) in [6.07, 6.45) is 1.66. The van der Waals surface area contributed by atoms with Gasteiger partial charge in [-0.2, -0.15) is 9.61 Å². The topological polar surface area (TPSA) is 101 Å². The Hall–Kier alpha value is -4.07. The molecule has 8 nitrogen and oxygen atoms in total. The van der Waals surface area contributed by atoms with Crippen molar-refractivity contribution < 1.29 is 5.11 Å². The summed E-state index contributed by atoms with van der Waals surface area (Å²) < 4.78 is 1.59. The Morgan fingerprint density at radius 2 is 1.82 bits per heavy atom. The van der Waals surface area contributed by atoms with E-state index < -0.39 is 0 Å². The van der Waals surface area contributed by atoms with Crippen LogP contribution in [-0.2, 0) is 0 Å². The molecule has 8 heteroatoms. The van der Waals surface area contributed by atoms with E-state index in [1.54, 1.807) is 23.8 Å². The predicted octanol–water partition coefficient (Wildman–Crippen LogP) is 3.15. The summed E-state index contributed by atoms with van der Waals surface area (Å²) in [6, 6.07) is 17.2. The van der Waals surface area contributed by atoms with Crippen molar-refractivity contribution in [2.45, 2.75) is 0 Å². The van der Waals surface area contributed by atoms with Gasteiger partial charge in [0.2, 0.25) is 5.82 Å². The van der Waals surface area contributed by atoms with Gasteiger partial charge in [0.25, 0.3) is 0 Å². The quantitative estimate of drug-likeness (QED) is 0.504. The summed E-state index contributed by atoms with van der Waals surface area (Å²) in [5.41, 5.74) is 4.29. The van der Waals surface area contributed by atoms with Crippen LogP contribution in [0.4, 0.5) is 5.69 Å². The molecule has 28 heavy (non-hydrogen) atoms. The normalized spacial score (nSPS) is 11.2. The van der Waals surface area contributed by atoms with Crippen LogP contribution in [0, 0.1) is 0 Å². The van der Waals surface area contributed by atoms with Gasteiger partial charge in [0.05, 0.1) is 11.2 Å². The summed E-state index contributed by atoms with van der Waals surface area (Å²) in [5, 5.41) is 26.9. The second-order valence-electron chi connectivity index (χ2n) is 6.18. The second-order valence-corrected chi connectivity index (χ2v) is 6.18. The van der Waals surface area contributed by atoms with E-state index in [-0.39, 0.29) is 11.4 Å². The minimum Gasteiger partial charge on any atom is -0.504 e. The zero-order valence-corrected chi connectivity index (χ0v) is 14.9. The van der Waals surface area contributed by atoms with Crippen LogP contribution >= 0.6 is 0 Å². The lowest BCUT2D eigenvalue weighted by atomic mass is 10.1. The molecule has 0 unspecified atom stereocenters. The fourth-order valence-corrected chi connectivity index (χ4v) is 3.18. The van der Waals surface area contributed by atoms with Gasteiger partial charge in [-0.3, -0.25) is 4.98 Å². The molecule has 0 saturated heterocycles. The molecular weight excluding hydrogens is 354 g/mol. The Morgan fingerprint density at radius 1 is 0.964 bits per heavy atom. The molecule has 136 valence electrons. The average molecular weight is 369 g/mol. The first kappa shape index (κ1) is 16.1. The fraction of sp³-hybridized carbons (Fsp3) is 0.0500. The number of anilines is 1. The molecule has 0 amide bonds. The van der Waals surface area contributed by atoms with Gasteiger partial charge in [-0.15, -0.1) is 10.2 Å². The zero-order chi connectivity index (χ0) is 19.1. The van der Waals surface area contributed by atoms with Gasteiger partial charge in [0.15, 0.2) is 17.1 Å². The standard InChI is InChI=1S/C20H15N7O/c1-21-17-16-14(8-5-11-22-16)23-18(19(17)28)20-25-24-15-10-9-13(26-27(15)20)12-6-3-2-4-7-12/h2-11,28H,1H3,(H,21,23). The maximum absolute atomic E-state index is 10.8. The monoisotopic (exact) mass is 369 g/mol. The molecule has 2 N–H and O–H groups in total. The van der Waals surface area contributed by atoms with Gasteiger partial charge in [-0.1, -0.05) is 30.3 Å². The van der Waals surface area contributed by atoms with Gasteiger partial charge in [-0.05, 0) is 24.3 Å². The largest absolute Gasteiger partial charge is 0.504 e. The van der Waals surface area contributed by atoms with E-state index in [4.69, 9.17) is 0 Å². The highest BCUT2D eigenvalue weighted by Gasteiger charge is 2.21. The van der Waals surface area contributed by atoms with Gasteiger partial charge in [0.1, 0.15) is 11.2 Å². The third-order valence-corrected chi connectivity index (χ3v) is 4.51. The summed E-state index contributed by atoms with van der Waals surface area (Å²) in [4.78, 5) is 8.87. The maximum Gasteiger partial charge on any atom is 0.207 e. The molecule has 0 spiro atoms. The van der Waals surface area contributed by atoms with E-state index in [1.165, 1.54) is 0 Å². The SMILES string of the molecule is CNc1c(O)c(-c2nnc3ccc(-c4ccccc4)nn23)nc2cccnc12. The number of fused-ring (bicyclic) bond motifs is 2. The van der Waals surface area contributed by atoms with Gasteiger partial charge < -0.3 is 10.4 Å². The summed E-state index contributed by atoms with van der Waals surface area (Å²) in [6.45, 7) is 0. The third kappa shape index (κ3) is 2.43. The lowest BCUT2D eigenvalue weighted by molar-refractivity contribution is 0.477. The number of nitrogens with one attached hydrogen (secondary N) is 1. The molecule has 0 aliphatic carbocycles. The van der Waals surface area contributed by atoms with E-state index in [9.17, 15) is 5.11 Å². The first-order chi connectivity index (χ1) is 13.8. The number of hydrogen-bond acceptors (Lipinski definition) is 7. The number of pyridine rings is 2. The van der Waals surface area contributed by atoms with E-state index in [1.807, 2.05) is 48.5 Å². The van der Waals surface area contributed by atoms with Crippen molar-refractivity contribution in [2.75, 3.05) is 12.4 Å². The molecule has 5 aromatic rings. The molecule has 1 aromatic carbocycles. The molecule has 0 bridgehead atoms. The van der Waals surface area contributed by atoms with Crippen molar-refractivity contribution in [3.8, 4) is 28.5 Å². The van der Waals surface area contributed by atoms with Crippen molar-refractivity contribution in [2.24, 2.45) is 0 Å². The molecule has 0 radical (unpaired) electrons. The van der Waals surface area contributed by atoms with Crippen LogP contribution in [0.1, 0.15) is 0 Å². The molecule has 0 atom stereocenters. The van der Waals surface area contributed by atoms with E-state index in [2.05, 4.69) is 30.6 Å². The van der Waals surface area contributed by atoms with Crippen molar-refractivity contribution >= 4 is 22.4 Å². The number of nitrogens with zero attached hydrogens (tertiary/aromatic N) is 6. The third-order valence-electron chi connectivity index (χ3n) is 4.51. The first-order valence-corrected chi connectivity index (χ1v) is 8.70. The van der Waals surface area contributed by atoms with Crippen LogP contribution in [0.15, 0.2) is 60.8 Å². The lowest BCUT2D eigenvalue weighted by Crippen LogP contribution is -2.01. The van der Waals surface area contributed by atoms with Gasteiger partial charge >= 0.3 is 0 Å². The van der Waals surface area contributed by atoms with Crippen LogP contribution in [0.5, 0.6) is 5.75 Å². The van der Waals surface area contributed by atoms with Crippen molar-refractivity contribution in [3.63, 3.8) is 0 Å². The Kier molecular flexibility index (Phi) is 3.61. The van der Waals surface area contributed by atoms with E-state index in [0.717, 1.165) is 11.3 Å². The van der Waals surface area contributed by atoms with Crippen LogP contribution in [0.3, 0.4) is 0 Å². The number of rotatable bonds is 3. The van der Waals surface area contributed by atoms with Crippen LogP contribution in [0.25, 0.3) is 39.5 Å². The molecular formula is C20H15N7O. The zero-order valence-electron chi connectivity index (χ0n) is 14.9. The second kappa shape index (κ2) is 6.27. The number of benzene rings is 1. The summed E-state index contributed by atoms with van der Waals surface area (Å²) in [5.74, 6) is 0.308. The van der Waals surface area contributed by atoms with E-state index in [0.29, 0.717) is 28.2 Å². The fourth-order valence-electron chi connectivity index (χ4n) is 3.18. The number of aromatic nitrogens is 6. The minimum atomic E-state index is -0.0464. The smallest absolute Gasteiger partial charge is 0.207 e. The molecule has 0 aliphatic heterocycles. The molecule has 4 aromatic heterocycles. The van der Waals surface area contributed by atoms with Crippen molar-refractivity contribution in [3.05, 3.63) is 60.8 Å². The highest BCUT2D eigenvalue weighted by atomic mass is 16.3. The summed E-state index contributed by atoms with van der Waals surface area (Å²) in [7, 11) is 1.72. The Morgan fingerprint density at radius 3 is 2.64 bits per heavy atom. The Labute approximate surface area is 159 Å². The van der Waals surface area contributed by atoms with Crippen LogP contribution < -0.4 is 5.32 Å². The highest BCUT2D eigenvalue weighted by Crippen LogP contribution is 2.37. The van der Waals surface area contributed by atoms with Crippen LogP contribution in [0.2, 0.25) is 0 Å². The van der Waals surface area contributed by atoms with Gasteiger partial charge in [0, 0.05) is 18.8 Å². The lowest BCUT2D eigenvalue weighted by Gasteiger charge is -2.11. The number of hydrogen-bond donors (Lipinski definition) is 2. The summed E-state index contributed by atoms with van der Waals surface area (Å²) >= 11 is 0. The molecule has 5 rings (SSSR count). The highest BCUT2D eigenvalue weighted by molar-refractivity contribution is 5.94. The Bertz CT molecular complexity index is 1310.